The van der Waals surface area contributed by atoms with Gasteiger partial charge in [0.1, 0.15) is 18.0 Å². The highest BCUT2D eigenvalue weighted by Gasteiger charge is 2.39. The van der Waals surface area contributed by atoms with E-state index in [-0.39, 0.29) is 17.5 Å². The predicted molar refractivity (Wildman–Crippen MR) is 121 cm³/mol. The van der Waals surface area contributed by atoms with Gasteiger partial charge in [0.2, 0.25) is 0 Å². The van der Waals surface area contributed by atoms with Crippen molar-refractivity contribution in [3.05, 3.63) is 24.5 Å². The van der Waals surface area contributed by atoms with Crippen molar-refractivity contribution in [2.24, 2.45) is 5.41 Å². The zero-order chi connectivity index (χ0) is 23.0. The molecule has 0 aliphatic carbocycles. The minimum Gasteiger partial charge on any atom is -0.465 e. The Hall–Kier alpha value is -3.30. The molecule has 32 heavy (non-hydrogen) atoms. The summed E-state index contributed by atoms with van der Waals surface area (Å²) >= 11 is 0. The molecule has 4 rings (SSSR count). The summed E-state index contributed by atoms with van der Waals surface area (Å²) in [7, 11) is 0. The van der Waals surface area contributed by atoms with E-state index in [1.54, 1.807) is 17.3 Å². The van der Waals surface area contributed by atoms with Gasteiger partial charge < -0.3 is 19.9 Å². The van der Waals surface area contributed by atoms with E-state index < -0.39 is 6.09 Å². The lowest BCUT2D eigenvalue weighted by molar-refractivity contribution is 0.126. The van der Waals surface area contributed by atoms with Gasteiger partial charge >= 0.3 is 6.09 Å². The van der Waals surface area contributed by atoms with Crippen LogP contribution in [-0.4, -0.2) is 64.2 Å². The third-order valence-electron chi connectivity index (χ3n) is 5.82. The number of aryl methyl sites for hydroxylation is 2. The Morgan fingerprint density at radius 1 is 1.22 bits per heavy atom. The molecule has 3 aromatic heterocycles. The maximum atomic E-state index is 11.8. The summed E-state index contributed by atoms with van der Waals surface area (Å²) in [6.07, 6.45) is 5.63. The smallest absolute Gasteiger partial charge is 0.407 e. The van der Waals surface area contributed by atoms with Crippen LogP contribution in [0.5, 0.6) is 0 Å². The van der Waals surface area contributed by atoms with E-state index in [2.05, 4.69) is 46.0 Å². The molecule has 4 heterocycles. The number of nitrogens with zero attached hydrogens (tertiary/aromatic N) is 7. The van der Waals surface area contributed by atoms with Crippen LogP contribution in [-0.2, 0) is 6.54 Å². The molecule has 10 nitrogen and oxygen atoms in total. The van der Waals surface area contributed by atoms with Crippen LogP contribution in [0.3, 0.4) is 0 Å². The fraction of sp³-hybridized carbons (Fsp3) is 0.545. The molecule has 1 fully saturated rings. The van der Waals surface area contributed by atoms with Crippen LogP contribution in [0, 0.1) is 12.3 Å². The van der Waals surface area contributed by atoms with E-state index in [4.69, 9.17) is 4.98 Å². The van der Waals surface area contributed by atoms with E-state index in [9.17, 15) is 9.90 Å². The Morgan fingerprint density at radius 3 is 2.56 bits per heavy atom. The predicted octanol–water partition coefficient (Wildman–Crippen LogP) is 3.58. The largest absolute Gasteiger partial charge is 0.465 e. The number of hydrogen-bond acceptors (Lipinski definition) is 7. The van der Waals surface area contributed by atoms with Crippen molar-refractivity contribution < 1.29 is 9.90 Å². The van der Waals surface area contributed by atoms with E-state index >= 15 is 0 Å². The average molecular weight is 439 g/mol. The van der Waals surface area contributed by atoms with Crippen molar-refractivity contribution in [2.45, 2.75) is 66.1 Å². The third-order valence-corrected chi connectivity index (χ3v) is 5.82. The Bertz CT molecular complexity index is 1120. The average Bonchev–Trinajstić information content (AvgIpc) is 3.29. The number of rotatable bonds is 5. The molecule has 1 saturated heterocycles. The van der Waals surface area contributed by atoms with Crippen LogP contribution in [0.4, 0.5) is 10.6 Å². The lowest BCUT2D eigenvalue weighted by Gasteiger charge is -2.32. The van der Waals surface area contributed by atoms with Gasteiger partial charge in [-0.2, -0.15) is 0 Å². The summed E-state index contributed by atoms with van der Waals surface area (Å²) in [6.45, 7) is 11.4. The number of hydrogen-bond donors (Lipinski definition) is 2. The lowest BCUT2D eigenvalue weighted by Crippen LogP contribution is -2.43. The molecular formula is C22H30N8O2. The number of imidazole rings is 1. The molecular weight excluding hydrogens is 408 g/mol. The SMILES string of the molecule is CCn1c(-c2cnc(C)nc2)nc2c(NC3CCN(C(=O)O)C3CC(C)(C)C)ncnc21. The van der Waals surface area contributed by atoms with Gasteiger partial charge in [-0.05, 0) is 32.1 Å². The molecule has 2 N–H and O–H groups in total. The van der Waals surface area contributed by atoms with E-state index in [0.717, 1.165) is 23.5 Å². The third kappa shape index (κ3) is 4.21. The summed E-state index contributed by atoms with van der Waals surface area (Å²) in [5, 5.41) is 13.2. The maximum absolute atomic E-state index is 11.8. The lowest BCUT2D eigenvalue weighted by atomic mass is 9.85. The van der Waals surface area contributed by atoms with E-state index in [1.807, 2.05) is 18.4 Å². The number of aromatic nitrogens is 6. The number of carboxylic acid groups (broad SMARTS) is 1. The second kappa shape index (κ2) is 8.33. The van der Waals surface area contributed by atoms with E-state index in [1.165, 1.54) is 6.33 Å². The number of fused-ring (bicyclic) bond motifs is 1. The molecule has 10 heteroatoms. The molecule has 0 spiro atoms. The fourth-order valence-electron chi connectivity index (χ4n) is 4.39. The normalized spacial score (nSPS) is 19.0. The Balaban J connectivity index is 1.72. The summed E-state index contributed by atoms with van der Waals surface area (Å²) in [5.41, 5.74) is 2.19. The maximum Gasteiger partial charge on any atom is 0.407 e. The molecule has 1 aliphatic heterocycles. The number of amides is 1. The number of carbonyl (C=O) groups is 1. The van der Waals surface area contributed by atoms with Gasteiger partial charge in [-0.25, -0.2) is 29.7 Å². The van der Waals surface area contributed by atoms with Crippen LogP contribution in [0.1, 0.15) is 46.4 Å². The fourth-order valence-corrected chi connectivity index (χ4v) is 4.39. The molecule has 0 aromatic carbocycles. The van der Waals surface area contributed by atoms with Crippen LogP contribution in [0.2, 0.25) is 0 Å². The van der Waals surface area contributed by atoms with Crippen molar-refractivity contribution in [1.82, 2.24) is 34.4 Å². The second-order valence-corrected chi connectivity index (χ2v) is 9.44. The molecule has 0 saturated carbocycles. The van der Waals surface area contributed by atoms with Gasteiger partial charge in [0, 0.05) is 31.5 Å². The monoisotopic (exact) mass is 438 g/mol. The first-order chi connectivity index (χ1) is 15.2. The number of likely N-dealkylation sites (tertiary alicyclic amines) is 1. The Labute approximate surface area is 187 Å². The quantitative estimate of drug-likeness (QED) is 0.620. The van der Waals surface area contributed by atoms with Crippen LogP contribution >= 0.6 is 0 Å². The minimum absolute atomic E-state index is 0.00791. The van der Waals surface area contributed by atoms with Crippen molar-refractivity contribution in [1.29, 1.82) is 0 Å². The van der Waals surface area contributed by atoms with Gasteiger partial charge in [-0.1, -0.05) is 20.8 Å². The molecule has 1 aliphatic rings. The van der Waals surface area contributed by atoms with Gasteiger partial charge in [-0.15, -0.1) is 0 Å². The molecule has 0 radical (unpaired) electrons. The summed E-state index contributed by atoms with van der Waals surface area (Å²) in [6, 6.07) is -0.197. The Kier molecular flexibility index (Phi) is 5.70. The van der Waals surface area contributed by atoms with E-state index in [0.29, 0.717) is 36.7 Å². The van der Waals surface area contributed by atoms with Gasteiger partial charge in [-0.3, -0.25) is 0 Å². The molecule has 3 aromatic rings. The zero-order valence-corrected chi connectivity index (χ0v) is 19.2. The molecule has 0 bridgehead atoms. The number of nitrogens with one attached hydrogen (secondary N) is 1. The minimum atomic E-state index is -0.881. The first-order valence-electron chi connectivity index (χ1n) is 10.9. The summed E-state index contributed by atoms with van der Waals surface area (Å²) in [4.78, 5) is 35.8. The topological polar surface area (TPSA) is 122 Å². The number of anilines is 1. The Morgan fingerprint density at radius 2 is 1.94 bits per heavy atom. The van der Waals surface area contributed by atoms with Crippen molar-refractivity contribution in [2.75, 3.05) is 11.9 Å². The molecule has 2 unspecified atom stereocenters. The second-order valence-electron chi connectivity index (χ2n) is 9.44. The molecule has 1 amide bonds. The van der Waals surface area contributed by atoms with Crippen molar-refractivity contribution in [3.63, 3.8) is 0 Å². The van der Waals surface area contributed by atoms with Gasteiger partial charge in [0.05, 0.1) is 11.6 Å². The summed E-state index contributed by atoms with van der Waals surface area (Å²) in [5.74, 6) is 2.05. The van der Waals surface area contributed by atoms with Crippen LogP contribution in [0.25, 0.3) is 22.6 Å². The van der Waals surface area contributed by atoms with Crippen LogP contribution in [0.15, 0.2) is 18.7 Å². The highest BCUT2D eigenvalue weighted by molar-refractivity contribution is 5.86. The first-order valence-corrected chi connectivity index (χ1v) is 10.9. The van der Waals surface area contributed by atoms with Crippen molar-refractivity contribution in [3.8, 4) is 11.4 Å². The highest BCUT2D eigenvalue weighted by Crippen LogP contribution is 2.33. The molecule has 2 atom stereocenters. The van der Waals surface area contributed by atoms with Gasteiger partial charge in [0.15, 0.2) is 17.0 Å². The summed E-state index contributed by atoms with van der Waals surface area (Å²) < 4.78 is 2.01. The zero-order valence-electron chi connectivity index (χ0n) is 19.2. The van der Waals surface area contributed by atoms with Crippen molar-refractivity contribution >= 4 is 23.1 Å². The highest BCUT2D eigenvalue weighted by atomic mass is 16.4. The molecule has 170 valence electrons. The standard InChI is InChI=1S/C22H30N8O2/c1-6-29-19(14-10-23-13(2)24-11-14)28-17-18(25-12-26-20(17)29)27-15-7-8-30(21(31)32)16(15)9-22(3,4)5/h10-12,15-16H,6-9H2,1-5H3,(H,31,32)(H,25,26,27). The van der Waals surface area contributed by atoms with Gasteiger partial charge in [0.25, 0.3) is 0 Å². The first kappa shape index (κ1) is 21.9. The van der Waals surface area contributed by atoms with Crippen LogP contribution < -0.4 is 5.32 Å².